The minimum atomic E-state index is -0.167. The SMILES string of the molecule is Cn1cc([C@H]2CCCN2C(=O)c2cc(=O)n(C)c3ccccc23)cn1. The second kappa shape index (κ2) is 5.88. The van der Waals surface area contributed by atoms with Gasteiger partial charge in [-0.05, 0) is 18.9 Å². The van der Waals surface area contributed by atoms with Gasteiger partial charge in [0.1, 0.15) is 0 Å². The van der Waals surface area contributed by atoms with E-state index in [0.717, 1.165) is 29.3 Å². The fourth-order valence-electron chi connectivity index (χ4n) is 3.71. The Morgan fingerprint density at radius 1 is 1.24 bits per heavy atom. The van der Waals surface area contributed by atoms with Gasteiger partial charge in [-0.15, -0.1) is 0 Å². The summed E-state index contributed by atoms with van der Waals surface area (Å²) < 4.78 is 3.33. The Morgan fingerprint density at radius 3 is 2.80 bits per heavy atom. The van der Waals surface area contributed by atoms with Crippen molar-refractivity contribution in [2.24, 2.45) is 14.1 Å². The first-order valence-electron chi connectivity index (χ1n) is 8.44. The highest BCUT2D eigenvalue weighted by Crippen LogP contribution is 2.33. The maximum absolute atomic E-state index is 13.3. The second-order valence-electron chi connectivity index (χ2n) is 6.58. The molecule has 25 heavy (non-hydrogen) atoms. The third-order valence-corrected chi connectivity index (χ3v) is 5.01. The number of pyridine rings is 1. The van der Waals surface area contributed by atoms with E-state index in [1.165, 1.54) is 6.07 Å². The van der Waals surface area contributed by atoms with Gasteiger partial charge in [0.2, 0.25) is 0 Å². The first-order valence-corrected chi connectivity index (χ1v) is 8.44. The standard InChI is InChI=1S/C19H20N4O2/c1-21-12-13(11-20-21)16-8-5-9-23(16)19(25)15-10-18(24)22(2)17-7-4-3-6-14(15)17/h3-4,6-7,10-12,16H,5,8-9H2,1-2H3/t16-/m1/s1. The fourth-order valence-corrected chi connectivity index (χ4v) is 3.71. The fraction of sp³-hybridized carbons (Fsp3) is 0.316. The Hall–Kier alpha value is -2.89. The van der Waals surface area contributed by atoms with Crippen LogP contribution in [0.2, 0.25) is 0 Å². The van der Waals surface area contributed by atoms with Crippen LogP contribution in [0, 0.1) is 0 Å². The van der Waals surface area contributed by atoms with Gasteiger partial charge >= 0.3 is 0 Å². The van der Waals surface area contributed by atoms with E-state index < -0.39 is 0 Å². The van der Waals surface area contributed by atoms with Gasteiger partial charge in [0, 0.05) is 43.9 Å². The zero-order chi connectivity index (χ0) is 17.6. The van der Waals surface area contributed by atoms with E-state index in [0.29, 0.717) is 12.1 Å². The van der Waals surface area contributed by atoms with Crippen molar-refractivity contribution in [2.75, 3.05) is 6.54 Å². The largest absolute Gasteiger partial charge is 0.331 e. The van der Waals surface area contributed by atoms with Crippen molar-refractivity contribution in [3.63, 3.8) is 0 Å². The molecule has 128 valence electrons. The van der Waals surface area contributed by atoms with Gasteiger partial charge in [-0.2, -0.15) is 5.10 Å². The number of aryl methyl sites for hydroxylation is 2. The summed E-state index contributed by atoms with van der Waals surface area (Å²) in [5.41, 5.74) is 2.13. The van der Waals surface area contributed by atoms with Crippen molar-refractivity contribution in [3.8, 4) is 0 Å². The number of carbonyl (C=O) groups is 1. The van der Waals surface area contributed by atoms with E-state index in [1.54, 1.807) is 16.3 Å². The van der Waals surface area contributed by atoms with Gasteiger partial charge in [-0.25, -0.2) is 0 Å². The molecule has 3 heterocycles. The molecule has 0 N–H and O–H groups in total. The number of carbonyl (C=O) groups excluding carboxylic acids is 1. The Kier molecular flexibility index (Phi) is 3.67. The normalized spacial score (nSPS) is 17.4. The summed E-state index contributed by atoms with van der Waals surface area (Å²) in [4.78, 5) is 27.4. The molecular weight excluding hydrogens is 316 g/mol. The molecule has 3 aromatic rings. The third kappa shape index (κ3) is 2.54. The minimum Gasteiger partial charge on any atom is -0.331 e. The Bertz CT molecular complexity index is 1020. The maximum atomic E-state index is 13.3. The summed E-state index contributed by atoms with van der Waals surface area (Å²) in [7, 11) is 3.60. The summed E-state index contributed by atoms with van der Waals surface area (Å²) in [6.45, 7) is 0.696. The lowest BCUT2D eigenvalue weighted by Crippen LogP contribution is -2.32. The summed E-state index contributed by atoms with van der Waals surface area (Å²) in [6, 6.07) is 9.02. The molecule has 1 aliphatic rings. The lowest BCUT2D eigenvalue weighted by atomic mass is 10.1. The van der Waals surface area contributed by atoms with E-state index in [1.807, 2.05) is 48.6 Å². The molecule has 1 fully saturated rings. The molecule has 1 aliphatic heterocycles. The van der Waals surface area contributed by atoms with Crippen molar-refractivity contribution in [1.29, 1.82) is 0 Å². The van der Waals surface area contributed by atoms with Gasteiger partial charge in [0.15, 0.2) is 0 Å². The Labute approximate surface area is 145 Å². The molecular formula is C19H20N4O2. The number of fused-ring (bicyclic) bond motifs is 1. The van der Waals surface area contributed by atoms with Crippen molar-refractivity contribution in [3.05, 3.63) is 64.2 Å². The van der Waals surface area contributed by atoms with Crippen LogP contribution >= 0.6 is 0 Å². The van der Waals surface area contributed by atoms with Crippen LogP contribution in [0.1, 0.15) is 34.8 Å². The van der Waals surface area contributed by atoms with Crippen LogP contribution in [0.5, 0.6) is 0 Å². The third-order valence-electron chi connectivity index (χ3n) is 5.01. The van der Waals surface area contributed by atoms with E-state index in [9.17, 15) is 9.59 Å². The zero-order valence-electron chi connectivity index (χ0n) is 14.3. The lowest BCUT2D eigenvalue weighted by molar-refractivity contribution is 0.0737. The smallest absolute Gasteiger partial charge is 0.255 e. The predicted octanol–water partition coefficient (Wildman–Crippen LogP) is 2.25. The average Bonchev–Trinajstić information content (AvgIpc) is 3.26. The van der Waals surface area contributed by atoms with E-state index in [2.05, 4.69) is 5.10 Å². The molecule has 6 nitrogen and oxygen atoms in total. The van der Waals surface area contributed by atoms with Gasteiger partial charge < -0.3 is 9.47 Å². The maximum Gasteiger partial charge on any atom is 0.255 e. The summed E-state index contributed by atoms with van der Waals surface area (Å²) in [6.07, 6.45) is 5.64. The molecule has 1 atom stereocenters. The number of nitrogens with zero attached hydrogens (tertiary/aromatic N) is 4. The average molecular weight is 336 g/mol. The Balaban J connectivity index is 1.80. The van der Waals surface area contributed by atoms with Crippen LogP contribution in [-0.2, 0) is 14.1 Å². The predicted molar refractivity (Wildman–Crippen MR) is 95.4 cm³/mol. The number of benzene rings is 1. The molecule has 0 unspecified atom stereocenters. The second-order valence-corrected chi connectivity index (χ2v) is 6.58. The summed E-state index contributed by atoms with van der Waals surface area (Å²) >= 11 is 0. The Morgan fingerprint density at radius 2 is 2.04 bits per heavy atom. The molecule has 2 aromatic heterocycles. The van der Waals surface area contributed by atoms with E-state index in [4.69, 9.17) is 0 Å². The number of rotatable bonds is 2. The molecule has 0 saturated carbocycles. The molecule has 1 saturated heterocycles. The number of hydrogen-bond acceptors (Lipinski definition) is 3. The highest BCUT2D eigenvalue weighted by molar-refractivity contribution is 6.06. The first kappa shape index (κ1) is 15.6. The van der Waals surface area contributed by atoms with E-state index in [-0.39, 0.29) is 17.5 Å². The van der Waals surface area contributed by atoms with Crippen molar-refractivity contribution >= 4 is 16.8 Å². The monoisotopic (exact) mass is 336 g/mol. The van der Waals surface area contributed by atoms with Crippen LogP contribution in [0.4, 0.5) is 0 Å². The number of aromatic nitrogens is 3. The molecule has 4 rings (SSSR count). The molecule has 1 amide bonds. The lowest BCUT2D eigenvalue weighted by Gasteiger charge is -2.24. The van der Waals surface area contributed by atoms with Crippen LogP contribution in [-0.4, -0.2) is 31.7 Å². The number of likely N-dealkylation sites (tertiary alicyclic amines) is 1. The number of para-hydroxylation sites is 1. The van der Waals surface area contributed by atoms with Crippen LogP contribution in [0.3, 0.4) is 0 Å². The van der Waals surface area contributed by atoms with Crippen LogP contribution in [0.15, 0.2) is 47.5 Å². The topological polar surface area (TPSA) is 60.1 Å². The molecule has 0 aliphatic carbocycles. The highest BCUT2D eigenvalue weighted by atomic mass is 16.2. The quantitative estimate of drug-likeness (QED) is 0.721. The van der Waals surface area contributed by atoms with Crippen molar-refractivity contribution in [1.82, 2.24) is 19.2 Å². The molecule has 0 radical (unpaired) electrons. The highest BCUT2D eigenvalue weighted by Gasteiger charge is 2.32. The van der Waals surface area contributed by atoms with Crippen LogP contribution in [0.25, 0.3) is 10.9 Å². The molecule has 0 bridgehead atoms. The number of amides is 1. The summed E-state index contributed by atoms with van der Waals surface area (Å²) in [5, 5.41) is 5.04. The minimum absolute atomic E-state index is 0.0176. The summed E-state index contributed by atoms with van der Waals surface area (Å²) in [5.74, 6) is -0.0831. The zero-order valence-corrected chi connectivity index (χ0v) is 14.3. The molecule has 0 spiro atoms. The van der Waals surface area contributed by atoms with Crippen molar-refractivity contribution in [2.45, 2.75) is 18.9 Å². The van der Waals surface area contributed by atoms with Crippen molar-refractivity contribution < 1.29 is 4.79 Å². The van der Waals surface area contributed by atoms with Gasteiger partial charge in [-0.3, -0.25) is 14.3 Å². The number of hydrogen-bond donors (Lipinski definition) is 0. The van der Waals surface area contributed by atoms with Gasteiger partial charge in [-0.1, -0.05) is 18.2 Å². The molecule has 6 heteroatoms. The van der Waals surface area contributed by atoms with Gasteiger partial charge in [0.25, 0.3) is 11.5 Å². The van der Waals surface area contributed by atoms with Crippen LogP contribution < -0.4 is 5.56 Å². The van der Waals surface area contributed by atoms with Gasteiger partial charge in [0.05, 0.1) is 23.3 Å². The van der Waals surface area contributed by atoms with E-state index >= 15 is 0 Å². The molecule has 1 aromatic carbocycles. The first-order chi connectivity index (χ1) is 12.1.